The molecular formula is C13H19N3O4. The molecule has 1 aromatic rings. The third-order valence-corrected chi connectivity index (χ3v) is 2.73. The van der Waals surface area contributed by atoms with Crippen molar-refractivity contribution in [1.82, 2.24) is 10.2 Å². The zero-order chi connectivity index (χ0) is 14.8. The molecule has 2 N–H and O–H groups in total. The van der Waals surface area contributed by atoms with E-state index in [-0.39, 0.29) is 17.3 Å². The van der Waals surface area contributed by atoms with Gasteiger partial charge in [-0.3, -0.25) is 9.89 Å². The summed E-state index contributed by atoms with van der Waals surface area (Å²) in [6.07, 6.45) is 2.41. The van der Waals surface area contributed by atoms with Crippen LogP contribution in [-0.2, 0) is 14.3 Å². The number of nitrogens with one attached hydrogen (secondary N) is 2. The first-order valence-corrected chi connectivity index (χ1v) is 6.56. The summed E-state index contributed by atoms with van der Waals surface area (Å²) in [6, 6.07) is 0. The van der Waals surface area contributed by atoms with Gasteiger partial charge in [-0.1, -0.05) is 0 Å². The lowest BCUT2D eigenvalue weighted by atomic mass is 10.2. The maximum Gasteiger partial charge on any atom is 0.344 e. The molecule has 1 saturated heterocycles. The van der Waals surface area contributed by atoms with Crippen molar-refractivity contribution in [3.8, 4) is 0 Å². The Labute approximate surface area is 117 Å². The van der Waals surface area contributed by atoms with Gasteiger partial charge in [0.25, 0.3) is 5.91 Å². The molecule has 0 aliphatic carbocycles. The van der Waals surface area contributed by atoms with E-state index in [9.17, 15) is 9.59 Å². The second-order valence-electron chi connectivity index (χ2n) is 5.65. The lowest BCUT2D eigenvalue weighted by molar-refractivity contribution is -0.124. The number of aromatic nitrogens is 2. The fourth-order valence-corrected chi connectivity index (χ4v) is 1.86. The minimum atomic E-state index is -0.607. The smallest absolute Gasteiger partial charge is 0.344 e. The SMILES string of the molecule is CC(C)(C)OC(=O)c1cn[nH]c1NC(=O)[C@@H]1CCCO1. The zero-order valence-electron chi connectivity index (χ0n) is 11.9. The van der Waals surface area contributed by atoms with Crippen molar-refractivity contribution in [1.29, 1.82) is 0 Å². The van der Waals surface area contributed by atoms with E-state index in [1.807, 2.05) is 0 Å². The highest BCUT2D eigenvalue weighted by atomic mass is 16.6. The number of nitrogens with zero attached hydrogens (tertiary/aromatic N) is 1. The van der Waals surface area contributed by atoms with Gasteiger partial charge < -0.3 is 14.8 Å². The van der Waals surface area contributed by atoms with Crippen molar-refractivity contribution in [2.75, 3.05) is 11.9 Å². The van der Waals surface area contributed by atoms with Gasteiger partial charge in [-0.25, -0.2) is 4.79 Å². The molecule has 0 radical (unpaired) electrons. The number of rotatable bonds is 3. The number of esters is 1. The molecule has 1 atom stereocenters. The van der Waals surface area contributed by atoms with Crippen molar-refractivity contribution in [2.24, 2.45) is 0 Å². The molecule has 1 amide bonds. The highest BCUT2D eigenvalue weighted by Gasteiger charge is 2.27. The predicted octanol–water partition coefficient (Wildman–Crippen LogP) is 1.48. The van der Waals surface area contributed by atoms with E-state index in [2.05, 4.69) is 15.5 Å². The van der Waals surface area contributed by atoms with E-state index in [0.29, 0.717) is 13.0 Å². The third-order valence-electron chi connectivity index (χ3n) is 2.73. The second-order valence-corrected chi connectivity index (χ2v) is 5.65. The molecule has 7 nitrogen and oxygen atoms in total. The van der Waals surface area contributed by atoms with E-state index >= 15 is 0 Å². The molecule has 0 saturated carbocycles. The molecule has 0 unspecified atom stereocenters. The first-order valence-electron chi connectivity index (χ1n) is 6.56. The van der Waals surface area contributed by atoms with Gasteiger partial charge in [0.15, 0.2) is 0 Å². The van der Waals surface area contributed by atoms with Gasteiger partial charge in [0, 0.05) is 6.61 Å². The summed E-state index contributed by atoms with van der Waals surface area (Å²) in [5.74, 6) is -0.579. The minimum absolute atomic E-state index is 0.200. The van der Waals surface area contributed by atoms with Crippen LogP contribution in [0.1, 0.15) is 44.0 Å². The van der Waals surface area contributed by atoms with Crippen molar-refractivity contribution >= 4 is 17.7 Å². The maximum absolute atomic E-state index is 12.0. The van der Waals surface area contributed by atoms with Gasteiger partial charge in [0.1, 0.15) is 23.1 Å². The Morgan fingerprint density at radius 2 is 2.25 bits per heavy atom. The highest BCUT2D eigenvalue weighted by Crippen LogP contribution is 2.19. The van der Waals surface area contributed by atoms with Crippen LogP contribution in [0.25, 0.3) is 0 Å². The molecule has 20 heavy (non-hydrogen) atoms. The van der Waals surface area contributed by atoms with Crippen LogP contribution in [0.3, 0.4) is 0 Å². The topological polar surface area (TPSA) is 93.3 Å². The number of hydrogen-bond acceptors (Lipinski definition) is 5. The summed E-state index contributed by atoms with van der Waals surface area (Å²) in [5, 5.41) is 8.98. The molecule has 110 valence electrons. The average molecular weight is 281 g/mol. The summed E-state index contributed by atoms with van der Waals surface area (Å²) < 4.78 is 10.5. The molecule has 0 spiro atoms. The third kappa shape index (κ3) is 3.57. The standard InChI is InChI=1S/C13H19N3O4/c1-13(2,3)20-12(18)8-7-14-16-10(8)15-11(17)9-5-4-6-19-9/h7,9H,4-6H2,1-3H3,(H2,14,15,16,17)/t9-/m0/s1. The largest absolute Gasteiger partial charge is 0.456 e. The molecule has 1 aliphatic rings. The van der Waals surface area contributed by atoms with E-state index in [1.54, 1.807) is 20.8 Å². The van der Waals surface area contributed by atoms with Gasteiger partial charge in [-0.2, -0.15) is 5.10 Å². The minimum Gasteiger partial charge on any atom is -0.456 e. The van der Waals surface area contributed by atoms with Crippen LogP contribution >= 0.6 is 0 Å². The maximum atomic E-state index is 12.0. The zero-order valence-corrected chi connectivity index (χ0v) is 11.9. The molecule has 7 heteroatoms. The molecule has 0 bridgehead atoms. The highest BCUT2D eigenvalue weighted by molar-refractivity contribution is 6.01. The Hall–Kier alpha value is -1.89. The van der Waals surface area contributed by atoms with Crippen molar-refractivity contribution in [2.45, 2.75) is 45.3 Å². The van der Waals surface area contributed by atoms with Crippen molar-refractivity contribution in [3.63, 3.8) is 0 Å². The number of ether oxygens (including phenoxy) is 2. The molecule has 2 heterocycles. The first-order chi connectivity index (χ1) is 9.37. The Kier molecular flexibility index (Phi) is 4.08. The molecule has 0 aromatic carbocycles. The lowest BCUT2D eigenvalue weighted by Crippen LogP contribution is -2.28. The van der Waals surface area contributed by atoms with Gasteiger partial charge >= 0.3 is 5.97 Å². The fraction of sp³-hybridized carbons (Fsp3) is 0.615. The van der Waals surface area contributed by atoms with Crippen LogP contribution in [0, 0.1) is 0 Å². The van der Waals surface area contributed by atoms with Crippen LogP contribution < -0.4 is 5.32 Å². The molecule has 1 fully saturated rings. The van der Waals surface area contributed by atoms with Crippen molar-refractivity contribution in [3.05, 3.63) is 11.8 Å². The van der Waals surface area contributed by atoms with Crippen LogP contribution in [0.4, 0.5) is 5.82 Å². The number of carbonyl (C=O) groups excluding carboxylic acids is 2. The monoisotopic (exact) mass is 281 g/mol. The molecular weight excluding hydrogens is 262 g/mol. The number of amides is 1. The van der Waals surface area contributed by atoms with E-state index in [1.165, 1.54) is 6.20 Å². The number of anilines is 1. The van der Waals surface area contributed by atoms with Gasteiger partial charge in [0.2, 0.25) is 0 Å². The van der Waals surface area contributed by atoms with Gasteiger partial charge in [0.05, 0.1) is 6.20 Å². The van der Waals surface area contributed by atoms with E-state index in [4.69, 9.17) is 9.47 Å². The van der Waals surface area contributed by atoms with Gasteiger partial charge in [-0.05, 0) is 33.6 Å². The molecule has 2 rings (SSSR count). The van der Waals surface area contributed by atoms with Gasteiger partial charge in [-0.15, -0.1) is 0 Å². The van der Waals surface area contributed by atoms with Crippen LogP contribution in [-0.4, -0.2) is 40.4 Å². The normalized spacial score (nSPS) is 18.9. The summed E-state index contributed by atoms with van der Waals surface area (Å²) in [7, 11) is 0. The summed E-state index contributed by atoms with van der Waals surface area (Å²) in [5.41, 5.74) is -0.407. The van der Waals surface area contributed by atoms with E-state index < -0.39 is 17.7 Å². The Bertz CT molecular complexity index is 498. The van der Waals surface area contributed by atoms with E-state index in [0.717, 1.165) is 6.42 Å². The van der Waals surface area contributed by atoms with Crippen LogP contribution in [0.5, 0.6) is 0 Å². The Morgan fingerprint density at radius 3 is 2.85 bits per heavy atom. The number of hydrogen-bond donors (Lipinski definition) is 2. The second kappa shape index (κ2) is 5.62. The Balaban J connectivity index is 2.04. The van der Waals surface area contributed by atoms with Crippen LogP contribution in [0.2, 0.25) is 0 Å². The summed E-state index contributed by atoms with van der Waals surface area (Å²) in [4.78, 5) is 23.9. The fourth-order valence-electron chi connectivity index (χ4n) is 1.86. The molecule has 1 aromatic heterocycles. The average Bonchev–Trinajstić information content (AvgIpc) is 2.96. The first kappa shape index (κ1) is 14.5. The summed E-state index contributed by atoms with van der Waals surface area (Å²) in [6.45, 7) is 5.90. The quantitative estimate of drug-likeness (QED) is 0.819. The molecule has 1 aliphatic heterocycles. The number of aromatic amines is 1. The Morgan fingerprint density at radius 1 is 1.50 bits per heavy atom. The number of H-pyrrole nitrogens is 1. The van der Waals surface area contributed by atoms with Crippen LogP contribution in [0.15, 0.2) is 6.20 Å². The number of carbonyl (C=O) groups is 2. The predicted molar refractivity (Wildman–Crippen MR) is 71.4 cm³/mol. The lowest BCUT2D eigenvalue weighted by Gasteiger charge is -2.19. The summed E-state index contributed by atoms with van der Waals surface area (Å²) >= 11 is 0. The van der Waals surface area contributed by atoms with Crippen molar-refractivity contribution < 1.29 is 19.1 Å².